The van der Waals surface area contributed by atoms with Crippen molar-refractivity contribution >= 4 is 11.8 Å². The van der Waals surface area contributed by atoms with Crippen molar-refractivity contribution in [1.82, 2.24) is 15.1 Å². The number of fused-ring (bicyclic) bond motifs is 3. The van der Waals surface area contributed by atoms with Crippen LogP contribution in [0.25, 0.3) is 0 Å². The molecule has 7 heteroatoms. The van der Waals surface area contributed by atoms with Gasteiger partial charge >= 0.3 is 0 Å². The zero-order chi connectivity index (χ0) is 21.6. The molecule has 31 heavy (non-hydrogen) atoms. The van der Waals surface area contributed by atoms with Crippen LogP contribution in [-0.4, -0.2) is 81.2 Å². The summed E-state index contributed by atoms with van der Waals surface area (Å²) in [4.78, 5) is 29.6. The minimum atomic E-state index is -0.113. The molecule has 2 aliphatic heterocycles. The van der Waals surface area contributed by atoms with Gasteiger partial charge < -0.3 is 24.6 Å². The maximum absolute atomic E-state index is 13.1. The molecule has 0 saturated carbocycles. The summed E-state index contributed by atoms with van der Waals surface area (Å²) in [5.74, 6) is 0.676. The molecule has 2 aromatic carbocycles. The number of likely N-dealkylation sites (N-methyl/N-ethyl adjacent to an activating group) is 1. The van der Waals surface area contributed by atoms with Gasteiger partial charge in [-0.15, -0.1) is 0 Å². The predicted octanol–water partition coefficient (Wildman–Crippen LogP) is 1.80. The number of hydrogen-bond acceptors (Lipinski definition) is 5. The largest absolute Gasteiger partial charge is 0.491 e. The van der Waals surface area contributed by atoms with Crippen molar-refractivity contribution in [3.8, 4) is 5.75 Å². The van der Waals surface area contributed by atoms with Crippen molar-refractivity contribution in [3.05, 3.63) is 64.7 Å². The lowest BCUT2D eigenvalue weighted by Crippen LogP contribution is -2.47. The van der Waals surface area contributed by atoms with E-state index in [0.717, 1.165) is 43.1 Å². The highest BCUT2D eigenvalue weighted by molar-refractivity contribution is 5.95. The van der Waals surface area contributed by atoms with E-state index in [9.17, 15) is 9.59 Å². The van der Waals surface area contributed by atoms with Crippen LogP contribution in [-0.2, 0) is 11.2 Å². The Morgan fingerprint density at radius 2 is 1.84 bits per heavy atom. The van der Waals surface area contributed by atoms with Crippen LogP contribution in [0.3, 0.4) is 0 Å². The van der Waals surface area contributed by atoms with E-state index < -0.39 is 0 Å². The Morgan fingerprint density at radius 1 is 1.00 bits per heavy atom. The van der Waals surface area contributed by atoms with Gasteiger partial charge in [-0.1, -0.05) is 12.1 Å². The van der Waals surface area contributed by atoms with Gasteiger partial charge in [0, 0.05) is 50.3 Å². The summed E-state index contributed by atoms with van der Waals surface area (Å²) in [6, 6.07) is 13.2. The van der Waals surface area contributed by atoms with Gasteiger partial charge in [0.1, 0.15) is 12.4 Å². The van der Waals surface area contributed by atoms with E-state index in [1.54, 1.807) is 6.07 Å². The fourth-order valence-electron chi connectivity index (χ4n) is 3.88. The predicted molar refractivity (Wildman–Crippen MR) is 118 cm³/mol. The van der Waals surface area contributed by atoms with Crippen LogP contribution in [0.1, 0.15) is 31.8 Å². The molecule has 1 saturated heterocycles. The maximum atomic E-state index is 13.1. The highest BCUT2D eigenvalue weighted by Crippen LogP contribution is 2.25. The molecular formula is C24H29N3O4. The lowest BCUT2D eigenvalue weighted by molar-refractivity contribution is 0.0663. The first-order valence-electron chi connectivity index (χ1n) is 10.8. The number of carbonyl (C=O) groups excluding carboxylic acids is 2. The number of rotatable bonds is 1. The van der Waals surface area contributed by atoms with Gasteiger partial charge in [0.2, 0.25) is 0 Å². The molecule has 0 aromatic heterocycles. The molecule has 2 heterocycles. The first-order chi connectivity index (χ1) is 15.1. The minimum Gasteiger partial charge on any atom is -0.491 e. The third-order valence-corrected chi connectivity index (χ3v) is 5.70. The quantitative estimate of drug-likeness (QED) is 0.758. The van der Waals surface area contributed by atoms with E-state index in [2.05, 4.69) is 17.3 Å². The fraction of sp³-hybridized carbons (Fsp3) is 0.417. The van der Waals surface area contributed by atoms with Gasteiger partial charge in [-0.3, -0.25) is 9.59 Å². The first-order valence-corrected chi connectivity index (χ1v) is 10.8. The van der Waals surface area contributed by atoms with Crippen LogP contribution in [0, 0.1) is 0 Å². The van der Waals surface area contributed by atoms with Gasteiger partial charge in [-0.25, -0.2) is 0 Å². The van der Waals surface area contributed by atoms with E-state index in [4.69, 9.17) is 9.47 Å². The van der Waals surface area contributed by atoms with E-state index in [1.807, 2.05) is 41.3 Å². The van der Waals surface area contributed by atoms with E-state index >= 15 is 0 Å². The van der Waals surface area contributed by atoms with Crippen molar-refractivity contribution < 1.29 is 19.1 Å². The standard InChI is InChI=1S/C24H29N3O4/c1-26-8-10-27(11-9-26)24(29)20-5-6-22-21(17-20)16-18-3-2-4-19(15-18)23(28)25-7-12-30-13-14-31-22/h2-6,15,17H,7-14,16H2,1H3,(H,25,28). The Labute approximate surface area is 182 Å². The van der Waals surface area contributed by atoms with Crippen molar-refractivity contribution in [2.24, 2.45) is 0 Å². The number of ether oxygens (including phenoxy) is 2. The SMILES string of the molecule is CN1CCN(C(=O)c2ccc3c(c2)Cc2cccc(c2)C(=O)NCCOCCO3)CC1. The lowest BCUT2D eigenvalue weighted by atomic mass is 9.99. The minimum absolute atomic E-state index is 0.0479. The van der Waals surface area contributed by atoms with Crippen LogP contribution < -0.4 is 10.1 Å². The molecule has 0 unspecified atom stereocenters. The van der Waals surface area contributed by atoms with Crippen LogP contribution in [0.2, 0.25) is 0 Å². The number of carbonyl (C=O) groups is 2. The fourth-order valence-corrected chi connectivity index (χ4v) is 3.88. The molecule has 0 spiro atoms. The molecule has 2 bridgehead atoms. The highest BCUT2D eigenvalue weighted by Gasteiger charge is 2.21. The molecule has 0 atom stereocenters. The zero-order valence-electron chi connectivity index (χ0n) is 17.9. The van der Waals surface area contributed by atoms with Gasteiger partial charge in [0.25, 0.3) is 11.8 Å². The second-order valence-corrected chi connectivity index (χ2v) is 8.01. The average molecular weight is 424 g/mol. The number of piperazine rings is 1. The Balaban J connectivity index is 1.61. The second-order valence-electron chi connectivity index (χ2n) is 8.01. The van der Waals surface area contributed by atoms with Crippen LogP contribution >= 0.6 is 0 Å². The van der Waals surface area contributed by atoms with Crippen molar-refractivity contribution in [3.63, 3.8) is 0 Å². The van der Waals surface area contributed by atoms with E-state index in [-0.39, 0.29) is 11.8 Å². The number of nitrogens with one attached hydrogen (secondary N) is 1. The molecule has 7 nitrogen and oxygen atoms in total. The van der Waals surface area contributed by atoms with Gasteiger partial charge in [0.05, 0.1) is 13.2 Å². The van der Waals surface area contributed by atoms with Crippen molar-refractivity contribution in [2.75, 3.05) is 59.6 Å². The number of amides is 2. The lowest BCUT2D eigenvalue weighted by Gasteiger charge is -2.32. The molecule has 4 rings (SSSR count). The molecule has 1 fully saturated rings. The molecular weight excluding hydrogens is 394 g/mol. The van der Waals surface area contributed by atoms with Crippen LogP contribution in [0.4, 0.5) is 0 Å². The molecule has 164 valence electrons. The third kappa shape index (κ3) is 5.42. The Bertz CT molecular complexity index is 938. The summed E-state index contributed by atoms with van der Waals surface area (Å²) in [5, 5.41) is 2.87. The maximum Gasteiger partial charge on any atom is 0.253 e. The summed E-state index contributed by atoms with van der Waals surface area (Å²) in [7, 11) is 2.07. The Hall–Kier alpha value is -2.90. The normalized spacial score (nSPS) is 18.4. The molecule has 2 aliphatic rings. The smallest absolute Gasteiger partial charge is 0.253 e. The van der Waals surface area contributed by atoms with E-state index in [0.29, 0.717) is 43.9 Å². The first kappa shape index (κ1) is 21.3. The van der Waals surface area contributed by atoms with E-state index in [1.165, 1.54) is 0 Å². The van der Waals surface area contributed by atoms with Crippen molar-refractivity contribution in [1.29, 1.82) is 0 Å². The van der Waals surface area contributed by atoms with Crippen molar-refractivity contribution in [2.45, 2.75) is 6.42 Å². The van der Waals surface area contributed by atoms with Gasteiger partial charge in [-0.2, -0.15) is 0 Å². The molecule has 1 N–H and O–H groups in total. The summed E-state index contributed by atoms with van der Waals surface area (Å²) in [5.41, 5.74) is 3.20. The monoisotopic (exact) mass is 423 g/mol. The molecule has 0 radical (unpaired) electrons. The summed E-state index contributed by atoms with van der Waals surface area (Å²) < 4.78 is 11.5. The topological polar surface area (TPSA) is 71.1 Å². The van der Waals surface area contributed by atoms with Gasteiger partial charge in [0.15, 0.2) is 0 Å². The third-order valence-electron chi connectivity index (χ3n) is 5.70. The summed E-state index contributed by atoms with van der Waals surface area (Å²) >= 11 is 0. The Morgan fingerprint density at radius 3 is 2.68 bits per heavy atom. The van der Waals surface area contributed by atoms with Crippen LogP contribution in [0.15, 0.2) is 42.5 Å². The number of hydrogen-bond donors (Lipinski definition) is 1. The second kappa shape index (κ2) is 9.94. The molecule has 2 aromatic rings. The summed E-state index contributed by atoms with van der Waals surface area (Å²) in [6.45, 7) is 4.96. The highest BCUT2D eigenvalue weighted by atomic mass is 16.5. The number of benzene rings is 2. The van der Waals surface area contributed by atoms with Gasteiger partial charge in [-0.05, 0) is 48.5 Å². The zero-order valence-corrected chi connectivity index (χ0v) is 17.9. The summed E-state index contributed by atoms with van der Waals surface area (Å²) in [6.07, 6.45) is 0.571. The number of nitrogens with zero attached hydrogens (tertiary/aromatic N) is 2. The molecule has 2 amide bonds. The van der Waals surface area contributed by atoms with Crippen LogP contribution in [0.5, 0.6) is 5.75 Å². The Kier molecular flexibility index (Phi) is 6.84. The average Bonchev–Trinajstić information content (AvgIpc) is 2.79. The molecule has 0 aliphatic carbocycles.